The Balaban J connectivity index is 2.40. The molecule has 0 amide bonds. The highest BCUT2D eigenvalue weighted by Gasteiger charge is 2.14. The van der Waals surface area contributed by atoms with E-state index in [-0.39, 0.29) is 5.92 Å². The van der Waals surface area contributed by atoms with Crippen LogP contribution < -0.4 is 10.5 Å². The summed E-state index contributed by atoms with van der Waals surface area (Å²) in [6.45, 7) is 2.15. The van der Waals surface area contributed by atoms with Crippen molar-refractivity contribution in [2.24, 2.45) is 0 Å². The van der Waals surface area contributed by atoms with E-state index in [2.05, 4.69) is 57.0 Å². The predicted molar refractivity (Wildman–Crippen MR) is 86.8 cm³/mol. The Bertz CT molecular complexity index is 581. The molecule has 0 aliphatic carbocycles. The quantitative estimate of drug-likeness (QED) is 0.759. The highest BCUT2D eigenvalue weighted by Crippen LogP contribution is 2.36. The Labute approximate surface area is 130 Å². The highest BCUT2D eigenvalue weighted by molar-refractivity contribution is 9.11. The monoisotopic (exact) mass is 383 g/mol. The van der Waals surface area contributed by atoms with Crippen LogP contribution >= 0.6 is 31.9 Å². The first-order valence-corrected chi connectivity index (χ1v) is 7.50. The van der Waals surface area contributed by atoms with E-state index in [9.17, 15) is 0 Å². The molecule has 0 saturated carbocycles. The van der Waals surface area contributed by atoms with Crippen LogP contribution in [0.1, 0.15) is 24.0 Å². The van der Waals surface area contributed by atoms with Gasteiger partial charge in [-0.15, -0.1) is 0 Å². The molecule has 0 radical (unpaired) electrons. The number of ether oxygens (including phenoxy) is 1. The van der Waals surface area contributed by atoms with Gasteiger partial charge in [-0.05, 0) is 51.3 Å². The van der Waals surface area contributed by atoms with Crippen LogP contribution in [0.25, 0.3) is 0 Å². The van der Waals surface area contributed by atoms with Gasteiger partial charge < -0.3 is 10.5 Å². The average molecular weight is 385 g/mol. The zero-order valence-electron chi connectivity index (χ0n) is 10.8. The number of methoxy groups -OCH3 is 1. The van der Waals surface area contributed by atoms with Crippen molar-refractivity contribution in [1.29, 1.82) is 0 Å². The number of hydrogen-bond donors (Lipinski definition) is 1. The zero-order valence-corrected chi connectivity index (χ0v) is 14.0. The number of nitrogen functional groups attached to an aromatic ring is 1. The summed E-state index contributed by atoms with van der Waals surface area (Å²) in [5, 5.41) is 0. The minimum atomic E-state index is 0.222. The van der Waals surface area contributed by atoms with Crippen molar-refractivity contribution >= 4 is 37.5 Å². The maximum atomic E-state index is 6.15. The van der Waals surface area contributed by atoms with Crippen molar-refractivity contribution in [1.82, 2.24) is 0 Å². The molecule has 19 heavy (non-hydrogen) atoms. The second-order valence-corrected chi connectivity index (χ2v) is 6.16. The Morgan fingerprint density at radius 1 is 1.11 bits per heavy atom. The van der Waals surface area contributed by atoms with Gasteiger partial charge in [-0.2, -0.15) is 0 Å². The van der Waals surface area contributed by atoms with E-state index < -0.39 is 0 Å². The third-order valence-corrected chi connectivity index (χ3v) is 4.32. The van der Waals surface area contributed by atoms with Crippen LogP contribution in [0.5, 0.6) is 5.75 Å². The van der Waals surface area contributed by atoms with Crippen molar-refractivity contribution < 1.29 is 4.74 Å². The number of halogens is 2. The summed E-state index contributed by atoms with van der Waals surface area (Å²) in [7, 11) is 1.67. The Morgan fingerprint density at radius 3 is 2.32 bits per heavy atom. The molecule has 0 saturated heterocycles. The maximum absolute atomic E-state index is 6.15. The summed E-state index contributed by atoms with van der Waals surface area (Å²) in [4.78, 5) is 0. The molecule has 0 aromatic heterocycles. The van der Waals surface area contributed by atoms with Crippen molar-refractivity contribution in [2.75, 3.05) is 12.8 Å². The lowest BCUT2D eigenvalue weighted by atomic mass is 9.92. The average Bonchev–Trinajstić information content (AvgIpc) is 2.42. The first-order chi connectivity index (χ1) is 9.02. The lowest BCUT2D eigenvalue weighted by Crippen LogP contribution is -2.02. The normalized spacial score (nSPS) is 12.2. The fourth-order valence-electron chi connectivity index (χ4n) is 2.04. The van der Waals surface area contributed by atoms with Crippen LogP contribution in [0, 0.1) is 0 Å². The van der Waals surface area contributed by atoms with Crippen LogP contribution in [0.3, 0.4) is 0 Å². The second kappa shape index (κ2) is 5.97. The molecule has 2 aromatic rings. The minimum Gasteiger partial charge on any atom is -0.497 e. The van der Waals surface area contributed by atoms with Crippen molar-refractivity contribution in [3.63, 3.8) is 0 Å². The molecule has 0 bridgehead atoms. The SMILES string of the molecule is COc1ccc(C(C)c2cc(Br)cc(Br)c2N)cc1. The first-order valence-electron chi connectivity index (χ1n) is 5.91. The standard InChI is InChI=1S/C15H15Br2NO/c1-9(10-3-5-12(19-2)6-4-10)13-7-11(16)8-14(17)15(13)18/h3-9H,18H2,1-2H3. The smallest absolute Gasteiger partial charge is 0.118 e. The predicted octanol–water partition coefficient (Wildman–Crippen LogP) is 4.95. The van der Waals surface area contributed by atoms with Gasteiger partial charge in [-0.1, -0.05) is 35.0 Å². The second-order valence-electron chi connectivity index (χ2n) is 4.39. The van der Waals surface area contributed by atoms with Gasteiger partial charge in [0.2, 0.25) is 0 Å². The molecule has 2 aromatic carbocycles. The Morgan fingerprint density at radius 2 is 1.74 bits per heavy atom. The number of rotatable bonds is 3. The maximum Gasteiger partial charge on any atom is 0.118 e. The van der Waals surface area contributed by atoms with E-state index in [1.54, 1.807) is 7.11 Å². The lowest BCUT2D eigenvalue weighted by molar-refractivity contribution is 0.414. The molecule has 1 unspecified atom stereocenters. The van der Waals surface area contributed by atoms with Crippen LogP contribution in [0.4, 0.5) is 5.69 Å². The minimum absolute atomic E-state index is 0.222. The molecule has 4 heteroatoms. The summed E-state index contributed by atoms with van der Waals surface area (Å²) >= 11 is 6.99. The van der Waals surface area contributed by atoms with Crippen LogP contribution in [-0.2, 0) is 0 Å². The van der Waals surface area contributed by atoms with E-state index in [4.69, 9.17) is 10.5 Å². The van der Waals surface area contributed by atoms with Crippen LogP contribution in [-0.4, -0.2) is 7.11 Å². The third kappa shape index (κ3) is 3.12. The fourth-order valence-corrected chi connectivity index (χ4v) is 3.29. The molecule has 0 fully saturated rings. The van der Waals surface area contributed by atoms with E-state index in [0.717, 1.165) is 25.9 Å². The summed E-state index contributed by atoms with van der Waals surface area (Å²) in [5.41, 5.74) is 9.25. The van der Waals surface area contributed by atoms with Gasteiger partial charge in [0.15, 0.2) is 0 Å². The summed E-state index contributed by atoms with van der Waals surface area (Å²) in [5.74, 6) is 1.08. The molecule has 0 aliphatic rings. The highest BCUT2D eigenvalue weighted by atomic mass is 79.9. The zero-order chi connectivity index (χ0) is 14.0. The van der Waals surface area contributed by atoms with Gasteiger partial charge in [0.1, 0.15) is 5.75 Å². The number of anilines is 1. The molecular formula is C15H15Br2NO. The van der Waals surface area contributed by atoms with E-state index in [1.807, 2.05) is 18.2 Å². The molecule has 2 rings (SSSR count). The molecule has 2 N–H and O–H groups in total. The molecule has 0 aliphatic heterocycles. The first kappa shape index (κ1) is 14.4. The Hall–Kier alpha value is -1.00. The third-order valence-electron chi connectivity index (χ3n) is 3.21. The molecule has 0 heterocycles. The van der Waals surface area contributed by atoms with Gasteiger partial charge in [0.25, 0.3) is 0 Å². The summed E-state index contributed by atoms with van der Waals surface area (Å²) in [6, 6.07) is 12.1. The molecule has 0 spiro atoms. The van der Waals surface area contributed by atoms with E-state index >= 15 is 0 Å². The van der Waals surface area contributed by atoms with Gasteiger partial charge in [-0.3, -0.25) is 0 Å². The number of nitrogens with two attached hydrogens (primary N) is 1. The van der Waals surface area contributed by atoms with Crippen molar-refractivity contribution in [3.8, 4) is 5.75 Å². The largest absolute Gasteiger partial charge is 0.497 e. The molecular weight excluding hydrogens is 370 g/mol. The van der Waals surface area contributed by atoms with Gasteiger partial charge in [0.05, 0.1) is 7.11 Å². The molecule has 2 nitrogen and oxygen atoms in total. The van der Waals surface area contributed by atoms with Gasteiger partial charge in [-0.25, -0.2) is 0 Å². The Kier molecular flexibility index (Phi) is 4.53. The molecule has 100 valence electrons. The van der Waals surface area contributed by atoms with Gasteiger partial charge in [0, 0.05) is 20.6 Å². The number of hydrogen-bond acceptors (Lipinski definition) is 2. The van der Waals surface area contributed by atoms with Crippen LogP contribution in [0.2, 0.25) is 0 Å². The van der Waals surface area contributed by atoms with E-state index in [1.165, 1.54) is 5.56 Å². The fraction of sp³-hybridized carbons (Fsp3) is 0.200. The number of benzene rings is 2. The topological polar surface area (TPSA) is 35.2 Å². The summed E-state index contributed by atoms with van der Waals surface area (Å²) < 4.78 is 7.11. The van der Waals surface area contributed by atoms with Crippen molar-refractivity contribution in [3.05, 3.63) is 56.5 Å². The van der Waals surface area contributed by atoms with Gasteiger partial charge >= 0.3 is 0 Å². The van der Waals surface area contributed by atoms with E-state index in [0.29, 0.717) is 0 Å². The lowest BCUT2D eigenvalue weighted by Gasteiger charge is -2.17. The molecule has 1 atom stereocenters. The van der Waals surface area contributed by atoms with Crippen molar-refractivity contribution in [2.45, 2.75) is 12.8 Å². The summed E-state index contributed by atoms with van der Waals surface area (Å²) in [6.07, 6.45) is 0. The van der Waals surface area contributed by atoms with Crippen LogP contribution in [0.15, 0.2) is 45.3 Å².